The van der Waals surface area contributed by atoms with Crippen LogP contribution in [-0.2, 0) is 6.54 Å². The van der Waals surface area contributed by atoms with Crippen molar-refractivity contribution in [2.75, 3.05) is 39.3 Å². The lowest BCUT2D eigenvalue weighted by atomic mass is 10.1. The number of nitrogens with one attached hydrogen (secondary N) is 1. The maximum Gasteiger partial charge on any atom is 0.273 e. The smallest absolute Gasteiger partial charge is 0.273 e. The fourth-order valence-corrected chi connectivity index (χ4v) is 3.29. The quantitative estimate of drug-likeness (QED) is 0.654. The topological polar surface area (TPSA) is 81.8 Å². The molecule has 0 aromatic carbocycles. The van der Waals surface area contributed by atoms with Crippen LogP contribution in [0.25, 0.3) is 0 Å². The van der Waals surface area contributed by atoms with Crippen molar-refractivity contribution in [3.05, 3.63) is 17.8 Å². The Kier molecular flexibility index (Phi) is 7.05. The van der Waals surface area contributed by atoms with Crippen molar-refractivity contribution in [2.45, 2.75) is 51.7 Å². The Labute approximate surface area is 155 Å². The third-order valence-electron chi connectivity index (χ3n) is 5.22. The van der Waals surface area contributed by atoms with Crippen molar-refractivity contribution in [2.24, 2.45) is 5.92 Å². The second-order valence-electron chi connectivity index (χ2n) is 7.65. The lowest BCUT2D eigenvalue weighted by Crippen LogP contribution is -2.48. The Balaban J connectivity index is 1.37. The zero-order valence-electron chi connectivity index (χ0n) is 15.8. The van der Waals surface area contributed by atoms with E-state index in [9.17, 15) is 9.90 Å². The molecule has 0 radical (unpaired) electrons. The molecule has 1 aromatic heterocycles. The van der Waals surface area contributed by atoms with E-state index in [0.717, 1.165) is 58.5 Å². The van der Waals surface area contributed by atoms with Crippen LogP contribution in [0.4, 0.5) is 0 Å². The largest absolute Gasteiger partial charge is 0.447 e. The average Bonchev–Trinajstić information content (AvgIpc) is 3.36. The Morgan fingerprint density at radius 2 is 2.08 bits per heavy atom. The van der Waals surface area contributed by atoms with E-state index in [1.54, 1.807) is 0 Å². The molecule has 1 amide bonds. The summed E-state index contributed by atoms with van der Waals surface area (Å²) in [6, 6.07) is 0. The summed E-state index contributed by atoms with van der Waals surface area (Å²) in [7, 11) is 0. The third kappa shape index (κ3) is 6.07. The number of carbonyl (C=O) groups excluding carboxylic acids is 1. The van der Waals surface area contributed by atoms with Gasteiger partial charge in [0, 0.05) is 39.3 Å². The second-order valence-corrected chi connectivity index (χ2v) is 7.65. The van der Waals surface area contributed by atoms with Crippen LogP contribution in [0.2, 0.25) is 0 Å². The van der Waals surface area contributed by atoms with Crippen LogP contribution in [0.3, 0.4) is 0 Å². The summed E-state index contributed by atoms with van der Waals surface area (Å²) in [5, 5.41) is 13.0. The normalized spacial score (nSPS) is 20.2. The summed E-state index contributed by atoms with van der Waals surface area (Å²) in [6.07, 6.45) is 6.77. The van der Waals surface area contributed by atoms with Crippen LogP contribution in [-0.4, -0.2) is 71.2 Å². The summed E-state index contributed by atoms with van der Waals surface area (Å²) in [5.41, 5.74) is 0.373. The molecule has 146 valence electrons. The summed E-state index contributed by atoms with van der Waals surface area (Å²) >= 11 is 0. The van der Waals surface area contributed by atoms with Crippen LogP contribution >= 0.6 is 0 Å². The zero-order valence-corrected chi connectivity index (χ0v) is 15.8. The Morgan fingerprint density at radius 1 is 1.35 bits per heavy atom. The highest BCUT2D eigenvalue weighted by molar-refractivity contribution is 5.91. The first kappa shape index (κ1) is 19.3. The molecule has 26 heavy (non-hydrogen) atoms. The molecule has 2 aliphatic rings. The standard InChI is InChI=1S/C19H32N4O3/c1-2-3-4-16(24)12-22-7-9-23(10-8-22)13-18-21-17(14-26-18)19(25)20-11-15-5-6-15/h14-16,24H,2-13H2,1H3,(H,20,25)/t16-/m0/s1. The molecular formula is C19H32N4O3. The molecule has 7 nitrogen and oxygen atoms in total. The maximum atomic E-state index is 12.0. The molecule has 1 aromatic rings. The molecule has 7 heteroatoms. The van der Waals surface area contributed by atoms with E-state index in [1.807, 2.05) is 0 Å². The number of aliphatic hydroxyl groups excluding tert-OH is 1. The predicted octanol–water partition coefficient (Wildman–Crippen LogP) is 1.48. The van der Waals surface area contributed by atoms with E-state index in [1.165, 1.54) is 19.1 Å². The Hall–Kier alpha value is -1.44. The molecule has 0 unspecified atom stereocenters. The van der Waals surface area contributed by atoms with Gasteiger partial charge in [-0.1, -0.05) is 19.8 Å². The molecule has 1 saturated heterocycles. The Bertz CT molecular complexity index is 565. The average molecular weight is 364 g/mol. The van der Waals surface area contributed by atoms with Gasteiger partial charge in [-0.2, -0.15) is 0 Å². The van der Waals surface area contributed by atoms with Crippen molar-refractivity contribution in [1.29, 1.82) is 0 Å². The van der Waals surface area contributed by atoms with Gasteiger partial charge in [-0.15, -0.1) is 0 Å². The lowest BCUT2D eigenvalue weighted by Gasteiger charge is -2.35. The molecular weight excluding hydrogens is 332 g/mol. The first-order valence-corrected chi connectivity index (χ1v) is 9.99. The summed E-state index contributed by atoms with van der Waals surface area (Å²) in [4.78, 5) is 21.0. The number of nitrogens with zero attached hydrogens (tertiary/aromatic N) is 3. The first-order chi connectivity index (χ1) is 12.6. The van der Waals surface area contributed by atoms with E-state index in [2.05, 4.69) is 27.0 Å². The number of piperazine rings is 1. The van der Waals surface area contributed by atoms with Gasteiger partial charge in [-0.05, 0) is 25.2 Å². The fourth-order valence-electron chi connectivity index (χ4n) is 3.29. The van der Waals surface area contributed by atoms with Crippen LogP contribution in [0.15, 0.2) is 10.7 Å². The van der Waals surface area contributed by atoms with Crippen molar-refractivity contribution in [3.8, 4) is 0 Å². The van der Waals surface area contributed by atoms with Gasteiger partial charge in [0.05, 0.1) is 12.6 Å². The molecule has 1 aliphatic heterocycles. The van der Waals surface area contributed by atoms with Crippen LogP contribution in [0.1, 0.15) is 55.4 Å². The van der Waals surface area contributed by atoms with Gasteiger partial charge in [0.2, 0.25) is 5.89 Å². The number of oxazole rings is 1. The number of aromatic nitrogens is 1. The summed E-state index contributed by atoms with van der Waals surface area (Å²) in [6.45, 7) is 8.01. The van der Waals surface area contributed by atoms with E-state index in [4.69, 9.17) is 4.42 Å². The van der Waals surface area contributed by atoms with Gasteiger partial charge in [0.1, 0.15) is 6.26 Å². The first-order valence-electron chi connectivity index (χ1n) is 9.99. The number of unbranched alkanes of at least 4 members (excludes halogenated alkanes) is 1. The minimum Gasteiger partial charge on any atom is -0.447 e. The Morgan fingerprint density at radius 3 is 2.77 bits per heavy atom. The highest BCUT2D eigenvalue weighted by Gasteiger charge is 2.24. The molecule has 2 fully saturated rings. The number of carbonyl (C=O) groups is 1. The van der Waals surface area contributed by atoms with Crippen molar-refractivity contribution in [1.82, 2.24) is 20.1 Å². The maximum absolute atomic E-state index is 12.0. The van der Waals surface area contributed by atoms with Gasteiger partial charge < -0.3 is 14.8 Å². The highest BCUT2D eigenvalue weighted by atomic mass is 16.3. The van der Waals surface area contributed by atoms with Gasteiger partial charge in [-0.25, -0.2) is 4.98 Å². The molecule has 1 aliphatic carbocycles. The fraction of sp³-hybridized carbons (Fsp3) is 0.789. The lowest BCUT2D eigenvalue weighted by molar-refractivity contribution is 0.0627. The van der Waals surface area contributed by atoms with Crippen molar-refractivity contribution in [3.63, 3.8) is 0 Å². The minimum absolute atomic E-state index is 0.141. The number of rotatable bonds is 10. The second kappa shape index (κ2) is 9.48. The molecule has 0 bridgehead atoms. The van der Waals surface area contributed by atoms with E-state index < -0.39 is 0 Å². The van der Waals surface area contributed by atoms with Crippen LogP contribution in [0.5, 0.6) is 0 Å². The van der Waals surface area contributed by atoms with Crippen molar-refractivity contribution >= 4 is 5.91 Å². The molecule has 2 N–H and O–H groups in total. The number of aliphatic hydroxyl groups is 1. The van der Waals surface area contributed by atoms with E-state index >= 15 is 0 Å². The van der Waals surface area contributed by atoms with Crippen molar-refractivity contribution < 1.29 is 14.3 Å². The number of hydrogen-bond acceptors (Lipinski definition) is 6. The summed E-state index contributed by atoms with van der Waals surface area (Å²) in [5.74, 6) is 1.11. The van der Waals surface area contributed by atoms with E-state index in [-0.39, 0.29) is 12.0 Å². The monoisotopic (exact) mass is 364 g/mol. The SMILES string of the molecule is CCCC[C@H](O)CN1CCN(Cc2nc(C(=O)NCC3CC3)co2)CC1. The van der Waals surface area contributed by atoms with Crippen LogP contribution < -0.4 is 5.32 Å². The minimum atomic E-state index is -0.218. The van der Waals surface area contributed by atoms with Gasteiger partial charge >= 0.3 is 0 Å². The molecule has 1 saturated carbocycles. The number of hydrogen-bond donors (Lipinski definition) is 2. The highest BCUT2D eigenvalue weighted by Crippen LogP contribution is 2.27. The van der Waals surface area contributed by atoms with Gasteiger partial charge in [0.25, 0.3) is 5.91 Å². The van der Waals surface area contributed by atoms with Crippen LogP contribution in [0, 0.1) is 5.92 Å². The van der Waals surface area contributed by atoms with Gasteiger partial charge in [-0.3, -0.25) is 14.6 Å². The van der Waals surface area contributed by atoms with E-state index in [0.29, 0.717) is 24.0 Å². The molecule has 1 atom stereocenters. The van der Waals surface area contributed by atoms with Gasteiger partial charge in [0.15, 0.2) is 5.69 Å². The summed E-state index contributed by atoms with van der Waals surface area (Å²) < 4.78 is 5.48. The predicted molar refractivity (Wildman–Crippen MR) is 98.8 cm³/mol. The third-order valence-corrected chi connectivity index (χ3v) is 5.22. The molecule has 2 heterocycles. The zero-order chi connectivity index (χ0) is 18.4. The number of amides is 1. The molecule has 0 spiro atoms. The number of β-amino-alcohol motifs (C(OH)–C–C–N with tert-alkyl or cyclic N) is 1. The molecule has 3 rings (SSSR count).